The van der Waals surface area contributed by atoms with Crippen LogP contribution in [-0.4, -0.2) is 142 Å². The third kappa shape index (κ3) is 18.1. The zero-order chi connectivity index (χ0) is 39.7. The smallest absolute Gasteiger partial charge is 0.306 e. The van der Waals surface area contributed by atoms with E-state index in [1.165, 1.54) is 0 Å². The molecule has 2 aliphatic heterocycles. The molecule has 0 aromatic heterocycles. The summed E-state index contributed by atoms with van der Waals surface area (Å²) in [6.07, 6.45) is 6.95. The van der Waals surface area contributed by atoms with Crippen LogP contribution in [-0.2, 0) is 38.0 Å². The fourth-order valence-electron chi connectivity index (χ4n) is 5.82. The minimum Gasteiger partial charge on any atom is -0.462 e. The van der Waals surface area contributed by atoms with Gasteiger partial charge in [-0.05, 0) is 44.9 Å². The van der Waals surface area contributed by atoms with Crippen LogP contribution in [0, 0.1) is 0 Å². The van der Waals surface area contributed by atoms with Crippen LogP contribution in [0.2, 0.25) is 0 Å². The molecule has 0 spiro atoms. The number of carbonyl (C=O) groups is 2. The molecule has 0 amide bonds. The van der Waals surface area contributed by atoms with Crippen molar-refractivity contribution in [2.24, 2.45) is 0 Å². The zero-order valence-corrected chi connectivity index (χ0v) is 31.9. The van der Waals surface area contributed by atoms with Crippen LogP contribution in [0.5, 0.6) is 0 Å². The molecule has 2 saturated heterocycles. The van der Waals surface area contributed by atoms with Crippen LogP contribution in [0.1, 0.15) is 104 Å². The van der Waals surface area contributed by atoms with E-state index in [9.17, 15) is 45.3 Å². The maximum absolute atomic E-state index is 12.8. The Balaban J connectivity index is 1.90. The first-order chi connectivity index (χ1) is 26.0. The largest absolute Gasteiger partial charge is 0.462 e. The predicted molar refractivity (Wildman–Crippen MR) is 197 cm³/mol. The number of ether oxygens (including phenoxy) is 6. The summed E-state index contributed by atoms with van der Waals surface area (Å²) >= 11 is 0. The van der Waals surface area contributed by atoms with Gasteiger partial charge < -0.3 is 64.2 Å². The molecule has 2 heterocycles. The molecular formula is C39H66O15. The van der Waals surface area contributed by atoms with Gasteiger partial charge in [0.1, 0.15) is 55.4 Å². The van der Waals surface area contributed by atoms with Crippen LogP contribution in [0.3, 0.4) is 0 Å². The van der Waals surface area contributed by atoms with Gasteiger partial charge in [-0.2, -0.15) is 0 Å². The molecule has 7 N–H and O–H groups in total. The highest BCUT2D eigenvalue weighted by atomic mass is 16.7. The molecular weight excluding hydrogens is 708 g/mol. The lowest BCUT2D eigenvalue weighted by Crippen LogP contribution is -2.61. The van der Waals surface area contributed by atoms with Gasteiger partial charge in [-0.25, -0.2) is 0 Å². The number of hydrogen-bond acceptors (Lipinski definition) is 15. The highest BCUT2D eigenvalue weighted by Gasteiger charge is 2.47. The normalized spacial score (nSPS) is 29.6. The summed E-state index contributed by atoms with van der Waals surface area (Å²) < 4.78 is 33.1. The summed E-state index contributed by atoms with van der Waals surface area (Å²) in [5.74, 6) is -0.981. The van der Waals surface area contributed by atoms with Crippen LogP contribution < -0.4 is 0 Å². The lowest BCUT2D eigenvalue weighted by molar-refractivity contribution is -0.332. The van der Waals surface area contributed by atoms with Crippen molar-refractivity contribution in [2.75, 3.05) is 26.4 Å². The molecule has 54 heavy (non-hydrogen) atoms. The number of rotatable bonds is 27. The molecule has 0 radical (unpaired) electrons. The summed E-state index contributed by atoms with van der Waals surface area (Å²) in [5.41, 5.74) is 0. The molecule has 11 unspecified atom stereocenters. The quantitative estimate of drug-likeness (QED) is 0.0361. The molecule has 0 bridgehead atoms. The Hall–Kier alpha value is -2.28. The topological polar surface area (TPSA) is 231 Å². The molecule has 11 atom stereocenters. The van der Waals surface area contributed by atoms with Crippen molar-refractivity contribution >= 4 is 11.9 Å². The number of carbonyl (C=O) groups excluding carboxylic acids is 2. The molecule has 0 saturated carbocycles. The lowest BCUT2D eigenvalue weighted by atomic mass is 9.98. The minimum atomic E-state index is -1.77. The molecule has 0 aliphatic carbocycles. The van der Waals surface area contributed by atoms with E-state index in [1.54, 1.807) is 0 Å². The van der Waals surface area contributed by atoms with Crippen molar-refractivity contribution in [3.8, 4) is 0 Å². The van der Waals surface area contributed by atoms with E-state index in [0.717, 1.165) is 64.2 Å². The fourth-order valence-corrected chi connectivity index (χ4v) is 5.82. The average Bonchev–Trinajstić information content (AvgIpc) is 3.16. The maximum atomic E-state index is 12.8. The second-order valence-corrected chi connectivity index (χ2v) is 13.7. The van der Waals surface area contributed by atoms with Gasteiger partial charge in [-0.15, -0.1) is 0 Å². The molecule has 0 aromatic carbocycles. The van der Waals surface area contributed by atoms with Crippen molar-refractivity contribution in [2.45, 2.75) is 171 Å². The number of esters is 2. The van der Waals surface area contributed by atoms with Crippen LogP contribution in [0.4, 0.5) is 0 Å². The van der Waals surface area contributed by atoms with Gasteiger partial charge in [0.2, 0.25) is 0 Å². The molecule has 15 heteroatoms. The van der Waals surface area contributed by atoms with E-state index >= 15 is 0 Å². The molecule has 15 nitrogen and oxygen atoms in total. The van der Waals surface area contributed by atoms with Crippen LogP contribution in [0.25, 0.3) is 0 Å². The van der Waals surface area contributed by atoms with E-state index in [1.807, 2.05) is 0 Å². The van der Waals surface area contributed by atoms with Crippen LogP contribution >= 0.6 is 0 Å². The summed E-state index contributed by atoms with van der Waals surface area (Å²) in [6, 6.07) is 0. The van der Waals surface area contributed by atoms with Crippen molar-refractivity contribution in [3.63, 3.8) is 0 Å². The van der Waals surface area contributed by atoms with E-state index in [-0.39, 0.29) is 19.4 Å². The number of hydrogen-bond donors (Lipinski definition) is 7. The van der Waals surface area contributed by atoms with Crippen LogP contribution in [0.15, 0.2) is 36.5 Å². The number of allylic oxidation sites excluding steroid dienone is 6. The Morgan fingerprint density at radius 1 is 0.611 bits per heavy atom. The molecule has 0 aromatic rings. The van der Waals surface area contributed by atoms with Crippen molar-refractivity contribution in [1.29, 1.82) is 0 Å². The first-order valence-electron chi connectivity index (χ1n) is 19.6. The van der Waals surface area contributed by atoms with Gasteiger partial charge in [0.15, 0.2) is 18.7 Å². The second-order valence-electron chi connectivity index (χ2n) is 13.7. The number of unbranched alkanes of at least 4 members (excludes halogenated alkanes) is 7. The Morgan fingerprint density at radius 3 is 1.81 bits per heavy atom. The van der Waals surface area contributed by atoms with E-state index < -0.39 is 99.3 Å². The Morgan fingerprint density at radius 2 is 1.17 bits per heavy atom. The number of aliphatic hydroxyl groups excluding tert-OH is 7. The molecule has 2 aliphatic rings. The fraction of sp³-hybridized carbons (Fsp3) is 0.795. The molecule has 2 fully saturated rings. The Kier molecular flexibility index (Phi) is 25.0. The number of aliphatic hydroxyl groups is 7. The first kappa shape index (κ1) is 47.9. The van der Waals surface area contributed by atoms with Gasteiger partial charge in [0.25, 0.3) is 0 Å². The summed E-state index contributed by atoms with van der Waals surface area (Å²) in [7, 11) is 0. The standard InChI is InChI=1S/C39H66O15/c1-3-5-7-9-10-11-12-13-14-15-16-18-20-22-31(42)52-27(24-49-30(41)21-19-17-8-6-4-2)25-50-38-37(48)35(46)33(44)29(54-38)26-51-39-36(47)34(45)32(43)28(23-40)53-39/h5,7,10-11,13-14,27-29,32-40,43-48H,3-4,6,8-9,12,15-26H2,1-2H3/b7-5-,11-10-,14-13-. The summed E-state index contributed by atoms with van der Waals surface area (Å²) in [4.78, 5) is 25.2. The van der Waals surface area contributed by atoms with E-state index in [0.29, 0.717) is 12.8 Å². The Labute approximate surface area is 319 Å². The van der Waals surface area contributed by atoms with Gasteiger partial charge in [-0.1, -0.05) is 82.4 Å². The molecule has 312 valence electrons. The molecule has 2 rings (SSSR count). The monoisotopic (exact) mass is 774 g/mol. The average molecular weight is 775 g/mol. The maximum Gasteiger partial charge on any atom is 0.306 e. The van der Waals surface area contributed by atoms with Gasteiger partial charge >= 0.3 is 11.9 Å². The minimum absolute atomic E-state index is 0.129. The first-order valence-corrected chi connectivity index (χ1v) is 19.6. The van der Waals surface area contributed by atoms with E-state index in [4.69, 9.17) is 28.4 Å². The SMILES string of the molecule is CC/C=C\C/C=C\C/C=C\CCCCCC(=O)OC(COC(=O)CCCCCCC)COC1OC(COC2OC(CO)C(O)C(O)C2O)C(O)C(O)C1O. The van der Waals surface area contributed by atoms with Crippen molar-refractivity contribution in [3.05, 3.63) is 36.5 Å². The summed E-state index contributed by atoms with van der Waals surface area (Å²) in [6.45, 7) is 2.28. The summed E-state index contributed by atoms with van der Waals surface area (Å²) in [5, 5.41) is 71.4. The predicted octanol–water partition coefficient (Wildman–Crippen LogP) is 2.25. The highest BCUT2D eigenvalue weighted by molar-refractivity contribution is 5.70. The van der Waals surface area contributed by atoms with Gasteiger partial charge in [0, 0.05) is 12.8 Å². The second kappa shape index (κ2) is 28.2. The van der Waals surface area contributed by atoms with Crippen molar-refractivity contribution in [1.82, 2.24) is 0 Å². The van der Waals surface area contributed by atoms with E-state index in [2.05, 4.69) is 50.3 Å². The third-order valence-corrected chi connectivity index (χ3v) is 9.13. The highest BCUT2D eigenvalue weighted by Crippen LogP contribution is 2.26. The van der Waals surface area contributed by atoms with Gasteiger partial charge in [0.05, 0.1) is 19.8 Å². The Bertz CT molecular complexity index is 1100. The third-order valence-electron chi connectivity index (χ3n) is 9.13. The lowest BCUT2D eigenvalue weighted by Gasteiger charge is -2.42. The van der Waals surface area contributed by atoms with Gasteiger partial charge in [-0.3, -0.25) is 9.59 Å². The van der Waals surface area contributed by atoms with Crippen molar-refractivity contribution < 1.29 is 73.8 Å². The zero-order valence-electron chi connectivity index (χ0n) is 31.9.